The minimum atomic E-state index is -0.653. The van der Waals surface area contributed by atoms with Crippen LogP contribution < -0.4 is 0 Å². The molecule has 0 bridgehead atoms. The lowest BCUT2D eigenvalue weighted by Gasteiger charge is -2.07. The fourth-order valence-corrected chi connectivity index (χ4v) is 1.53. The van der Waals surface area contributed by atoms with Crippen molar-refractivity contribution in [3.05, 3.63) is 29.1 Å². The van der Waals surface area contributed by atoms with Crippen molar-refractivity contribution in [1.82, 2.24) is 0 Å². The molecule has 1 aromatic rings. The zero-order valence-electron chi connectivity index (χ0n) is 8.66. The molecule has 0 aliphatic rings. The van der Waals surface area contributed by atoms with Crippen molar-refractivity contribution in [2.24, 2.45) is 0 Å². The van der Waals surface area contributed by atoms with Gasteiger partial charge < -0.3 is 4.74 Å². The van der Waals surface area contributed by atoms with Crippen LogP contribution in [0.2, 0.25) is 0 Å². The van der Waals surface area contributed by atoms with Gasteiger partial charge in [-0.15, -0.1) is 12.6 Å². The molecule has 16 heavy (non-hydrogen) atoms. The highest BCUT2D eigenvalue weighted by Crippen LogP contribution is 2.21. The summed E-state index contributed by atoms with van der Waals surface area (Å²) in [5.41, 5.74) is 0.116. The van der Waals surface area contributed by atoms with Crippen LogP contribution in [0.5, 0.6) is 0 Å². The van der Waals surface area contributed by atoms with E-state index in [1.165, 1.54) is 6.07 Å². The van der Waals surface area contributed by atoms with Gasteiger partial charge in [-0.05, 0) is 24.6 Å². The first-order chi connectivity index (χ1) is 7.60. The van der Waals surface area contributed by atoms with Crippen LogP contribution in [0.25, 0.3) is 0 Å². The van der Waals surface area contributed by atoms with E-state index in [0.29, 0.717) is 4.90 Å². The summed E-state index contributed by atoms with van der Waals surface area (Å²) in [4.78, 5) is 11.7. The maximum atomic E-state index is 13.3. The van der Waals surface area contributed by atoms with E-state index < -0.39 is 11.8 Å². The van der Waals surface area contributed by atoms with E-state index in [9.17, 15) is 9.18 Å². The average Bonchev–Trinajstić information content (AvgIpc) is 2.24. The van der Waals surface area contributed by atoms with Crippen LogP contribution in [0.4, 0.5) is 4.39 Å². The fourth-order valence-electron chi connectivity index (χ4n) is 1.26. The lowest BCUT2D eigenvalue weighted by atomic mass is 10.0. The predicted octanol–water partition coefficient (Wildman–Crippen LogP) is 2.09. The number of thiol groups is 1. The number of carbonyl (C=O) groups excluding carboxylic acids is 1. The van der Waals surface area contributed by atoms with Gasteiger partial charge in [-0.2, -0.15) is 5.26 Å². The van der Waals surface area contributed by atoms with E-state index in [1.807, 2.05) is 0 Å². The predicted molar refractivity (Wildman–Crippen MR) is 58.7 cm³/mol. The van der Waals surface area contributed by atoms with E-state index >= 15 is 0 Å². The van der Waals surface area contributed by atoms with Crippen LogP contribution in [0, 0.1) is 17.1 Å². The molecule has 1 aromatic carbocycles. The Balaban J connectivity index is 3.08. The summed E-state index contributed by atoms with van der Waals surface area (Å²) in [7, 11) is 0. The zero-order valence-corrected chi connectivity index (χ0v) is 9.55. The van der Waals surface area contributed by atoms with Crippen molar-refractivity contribution in [3.8, 4) is 6.07 Å². The standard InChI is InChI=1S/C11H10FNO2S/c1-2-15-11(14)5-7-8(6-13)9(12)3-4-10(7)16/h3-4,16H,2,5H2,1H3. The van der Waals surface area contributed by atoms with Gasteiger partial charge in [0.25, 0.3) is 0 Å². The molecule has 0 spiro atoms. The molecule has 0 saturated carbocycles. The molecule has 0 atom stereocenters. The molecule has 3 nitrogen and oxygen atoms in total. The zero-order chi connectivity index (χ0) is 12.1. The summed E-state index contributed by atoms with van der Waals surface area (Å²) in [6.45, 7) is 1.92. The molecule has 0 N–H and O–H groups in total. The molecule has 0 heterocycles. The first-order valence-electron chi connectivity index (χ1n) is 4.66. The minimum Gasteiger partial charge on any atom is -0.466 e. The number of esters is 1. The maximum Gasteiger partial charge on any atom is 0.310 e. The van der Waals surface area contributed by atoms with E-state index in [4.69, 9.17) is 10.00 Å². The molecule has 0 unspecified atom stereocenters. The van der Waals surface area contributed by atoms with Crippen LogP contribution in [-0.4, -0.2) is 12.6 Å². The molecule has 1 rings (SSSR count). The quantitative estimate of drug-likeness (QED) is 0.649. The summed E-state index contributed by atoms with van der Waals surface area (Å²) in [6, 6.07) is 4.28. The summed E-state index contributed by atoms with van der Waals surface area (Å²) in [5.74, 6) is -1.15. The van der Waals surface area contributed by atoms with Gasteiger partial charge in [-0.1, -0.05) is 0 Å². The van der Waals surface area contributed by atoms with Crippen molar-refractivity contribution in [1.29, 1.82) is 5.26 Å². The average molecular weight is 239 g/mol. The van der Waals surface area contributed by atoms with Gasteiger partial charge in [-0.25, -0.2) is 4.39 Å². The number of halogens is 1. The van der Waals surface area contributed by atoms with E-state index in [0.717, 1.165) is 6.07 Å². The molecule has 5 heteroatoms. The van der Waals surface area contributed by atoms with E-state index in [2.05, 4.69) is 12.6 Å². The number of carbonyl (C=O) groups is 1. The normalized spacial score (nSPS) is 9.62. The Kier molecular flexibility index (Phi) is 4.32. The number of benzene rings is 1. The van der Waals surface area contributed by atoms with Crippen LogP contribution >= 0.6 is 12.6 Å². The first kappa shape index (κ1) is 12.5. The second kappa shape index (κ2) is 5.52. The number of nitriles is 1. The van der Waals surface area contributed by atoms with Crippen molar-refractivity contribution in [3.63, 3.8) is 0 Å². The van der Waals surface area contributed by atoms with Crippen molar-refractivity contribution in [2.75, 3.05) is 6.61 Å². The molecule has 0 amide bonds. The second-order valence-corrected chi connectivity index (χ2v) is 3.50. The highest BCUT2D eigenvalue weighted by atomic mass is 32.1. The second-order valence-electron chi connectivity index (χ2n) is 3.01. The Labute approximate surface area is 98.2 Å². The number of hydrogen-bond acceptors (Lipinski definition) is 4. The SMILES string of the molecule is CCOC(=O)Cc1c(S)ccc(F)c1C#N. The topological polar surface area (TPSA) is 50.1 Å². The number of nitrogens with zero attached hydrogens (tertiary/aromatic N) is 1. The highest BCUT2D eigenvalue weighted by molar-refractivity contribution is 7.80. The smallest absolute Gasteiger partial charge is 0.310 e. The molecule has 0 saturated heterocycles. The van der Waals surface area contributed by atoms with Crippen molar-refractivity contribution >= 4 is 18.6 Å². The third-order valence-corrected chi connectivity index (χ3v) is 2.39. The monoisotopic (exact) mass is 239 g/mol. The summed E-state index contributed by atoms with van der Waals surface area (Å²) < 4.78 is 18.0. The summed E-state index contributed by atoms with van der Waals surface area (Å²) >= 11 is 4.09. The van der Waals surface area contributed by atoms with E-state index in [-0.39, 0.29) is 24.2 Å². The van der Waals surface area contributed by atoms with Crippen molar-refractivity contribution in [2.45, 2.75) is 18.2 Å². The molecule has 0 aromatic heterocycles. The molecule has 0 radical (unpaired) electrons. The van der Waals surface area contributed by atoms with Gasteiger partial charge in [0.05, 0.1) is 18.6 Å². The minimum absolute atomic E-state index is 0.146. The van der Waals surface area contributed by atoms with E-state index in [1.54, 1.807) is 13.0 Å². The van der Waals surface area contributed by atoms with Gasteiger partial charge in [-0.3, -0.25) is 4.79 Å². The lowest BCUT2D eigenvalue weighted by molar-refractivity contribution is -0.142. The maximum absolute atomic E-state index is 13.3. The molecular weight excluding hydrogens is 229 g/mol. The molecule has 84 valence electrons. The Bertz CT molecular complexity index is 454. The van der Waals surface area contributed by atoms with Crippen LogP contribution in [0.15, 0.2) is 17.0 Å². The van der Waals surface area contributed by atoms with Gasteiger partial charge >= 0.3 is 5.97 Å². The largest absolute Gasteiger partial charge is 0.466 e. The summed E-state index contributed by atoms with van der Waals surface area (Å²) in [6.07, 6.45) is -0.146. The number of rotatable bonds is 3. The van der Waals surface area contributed by atoms with Gasteiger partial charge in [0.15, 0.2) is 0 Å². The van der Waals surface area contributed by atoms with Gasteiger partial charge in [0.1, 0.15) is 11.9 Å². The lowest BCUT2D eigenvalue weighted by Crippen LogP contribution is -2.10. The van der Waals surface area contributed by atoms with Gasteiger partial charge in [0.2, 0.25) is 0 Å². The Morgan fingerprint density at radius 3 is 2.88 bits per heavy atom. The summed E-state index contributed by atoms with van der Waals surface area (Å²) in [5, 5.41) is 8.79. The molecule has 0 fully saturated rings. The number of hydrogen-bond donors (Lipinski definition) is 1. The Hall–Kier alpha value is -1.54. The Morgan fingerprint density at radius 1 is 1.62 bits per heavy atom. The third-order valence-electron chi connectivity index (χ3n) is 1.98. The highest BCUT2D eigenvalue weighted by Gasteiger charge is 2.15. The third kappa shape index (κ3) is 2.74. The van der Waals surface area contributed by atoms with Crippen LogP contribution in [0.1, 0.15) is 18.1 Å². The van der Waals surface area contributed by atoms with Gasteiger partial charge in [0, 0.05) is 4.90 Å². The molecule has 0 aliphatic carbocycles. The van der Waals surface area contributed by atoms with Crippen molar-refractivity contribution < 1.29 is 13.9 Å². The first-order valence-corrected chi connectivity index (χ1v) is 5.11. The molecular formula is C11H10FNO2S. The Morgan fingerprint density at radius 2 is 2.31 bits per heavy atom. The molecule has 0 aliphatic heterocycles. The van der Waals surface area contributed by atoms with Crippen LogP contribution in [-0.2, 0) is 16.0 Å². The fraction of sp³-hybridized carbons (Fsp3) is 0.273. The van der Waals surface area contributed by atoms with Crippen LogP contribution in [0.3, 0.4) is 0 Å². The number of ether oxygens (including phenoxy) is 1.